The first-order valence-corrected chi connectivity index (χ1v) is 8.67. The second-order valence-corrected chi connectivity index (χ2v) is 6.57. The lowest BCUT2D eigenvalue weighted by Crippen LogP contribution is -2.24. The number of aliphatic imine (C=N–C) groups is 1. The molecule has 3 nitrogen and oxygen atoms in total. The average Bonchev–Trinajstić information content (AvgIpc) is 2.46. The number of hydrogen-bond acceptors (Lipinski definition) is 1. The summed E-state index contributed by atoms with van der Waals surface area (Å²) in [6.45, 7) is 11.9. The Balaban J connectivity index is 2.84. The molecule has 0 aliphatic carbocycles. The van der Waals surface area contributed by atoms with Crippen molar-refractivity contribution in [2.45, 2.75) is 72.1 Å². The molecule has 0 aliphatic rings. The highest BCUT2D eigenvalue weighted by atomic mass is 15.1. The van der Waals surface area contributed by atoms with Gasteiger partial charge in [0, 0.05) is 12.2 Å². The summed E-state index contributed by atoms with van der Waals surface area (Å²) in [6, 6.07) is 6.48. The van der Waals surface area contributed by atoms with Crippen molar-refractivity contribution in [3.8, 4) is 0 Å². The molecule has 0 aliphatic heterocycles. The van der Waals surface area contributed by atoms with Gasteiger partial charge in [0.2, 0.25) is 0 Å². The van der Waals surface area contributed by atoms with Crippen LogP contribution in [0.15, 0.2) is 23.2 Å². The zero-order valence-electron chi connectivity index (χ0n) is 14.9. The van der Waals surface area contributed by atoms with Gasteiger partial charge in [-0.05, 0) is 29.4 Å². The number of guanidine groups is 1. The van der Waals surface area contributed by atoms with Crippen LogP contribution in [-0.4, -0.2) is 12.5 Å². The molecule has 124 valence electrons. The van der Waals surface area contributed by atoms with Crippen LogP contribution in [0.25, 0.3) is 0 Å². The fourth-order valence-corrected chi connectivity index (χ4v) is 2.60. The molecule has 0 atom stereocenters. The van der Waals surface area contributed by atoms with E-state index >= 15 is 0 Å². The van der Waals surface area contributed by atoms with Gasteiger partial charge in [0.1, 0.15) is 0 Å². The van der Waals surface area contributed by atoms with Crippen LogP contribution < -0.4 is 11.1 Å². The van der Waals surface area contributed by atoms with Crippen LogP contribution in [0.2, 0.25) is 0 Å². The monoisotopic (exact) mass is 303 g/mol. The quantitative estimate of drug-likeness (QED) is 0.392. The Morgan fingerprint density at radius 2 is 1.64 bits per heavy atom. The van der Waals surface area contributed by atoms with E-state index in [0.29, 0.717) is 17.8 Å². The fourth-order valence-electron chi connectivity index (χ4n) is 2.60. The first kappa shape index (κ1) is 18.5. The number of anilines is 1. The van der Waals surface area contributed by atoms with E-state index < -0.39 is 0 Å². The Morgan fingerprint density at radius 1 is 1.05 bits per heavy atom. The third kappa shape index (κ3) is 5.70. The molecule has 0 bridgehead atoms. The number of unbranched alkanes of at least 4 members (excludes halogenated alkanes) is 3. The standard InChI is InChI=1S/C19H33N3/c1-6-7-8-9-13-21-19(20)22-18-16(14(2)3)11-10-12-17(18)15(4)5/h10-12,14-15H,6-9,13H2,1-5H3,(H3,20,21,22). The lowest BCUT2D eigenvalue weighted by atomic mass is 9.93. The van der Waals surface area contributed by atoms with E-state index in [2.05, 4.69) is 63.1 Å². The van der Waals surface area contributed by atoms with Gasteiger partial charge in [-0.15, -0.1) is 0 Å². The molecule has 1 aromatic carbocycles. The zero-order chi connectivity index (χ0) is 16.5. The van der Waals surface area contributed by atoms with Crippen molar-refractivity contribution in [1.82, 2.24) is 0 Å². The Morgan fingerprint density at radius 3 is 2.14 bits per heavy atom. The van der Waals surface area contributed by atoms with Crippen LogP contribution in [0.4, 0.5) is 5.69 Å². The summed E-state index contributed by atoms with van der Waals surface area (Å²) in [4.78, 5) is 4.48. The predicted molar refractivity (Wildman–Crippen MR) is 98.9 cm³/mol. The summed E-state index contributed by atoms with van der Waals surface area (Å²) in [5.74, 6) is 1.45. The Bertz CT molecular complexity index is 449. The minimum Gasteiger partial charge on any atom is -0.370 e. The summed E-state index contributed by atoms with van der Waals surface area (Å²) in [5, 5.41) is 3.36. The molecule has 0 radical (unpaired) electrons. The number of nitrogens with one attached hydrogen (secondary N) is 1. The second-order valence-electron chi connectivity index (χ2n) is 6.57. The lowest BCUT2D eigenvalue weighted by Gasteiger charge is -2.20. The molecule has 1 aromatic rings. The van der Waals surface area contributed by atoms with Crippen molar-refractivity contribution in [1.29, 1.82) is 0 Å². The van der Waals surface area contributed by atoms with Crippen LogP contribution >= 0.6 is 0 Å². The summed E-state index contributed by atoms with van der Waals surface area (Å²) in [5.41, 5.74) is 9.84. The van der Waals surface area contributed by atoms with Crippen LogP contribution in [-0.2, 0) is 0 Å². The summed E-state index contributed by atoms with van der Waals surface area (Å²) < 4.78 is 0. The van der Waals surface area contributed by atoms with Gasteiger partial charge in [-0.2, -0.15) is 0 Å². The predicted octanol–water partition coefficient (Wildman–Crippen LogP) is 5.24. The molecule has 22 heavy (non-hydrogen) atoms. The van der Waals surface area contributed by atoms with Gasteiger partial charge in [0.05, 0.1) is 0 Å². The molecule has 0 amide bonds. The summed E-state index contributed by atoms with van der Waals surface area (Å²) in [7, 11) is 0. The van der Waals surface area contributed by atoms with Crippen LogP contribution in [0.3, 0.4) is 0 Å². The van der Waals surface area contributed by atoms with Gasteiger partial charge in [-0.25, -0.2) is 0 Å². The lowest BCUT2D eigenvalue weighted by molar-refractivity contribution is 0.675. The number of rotatable bonds is 8. The van der Waals surface area contributed by atoms with Gasteiger partial charge >= 0.3 is 0 Å². The Hall–Kier alpha value is -1.51. The molecule has 0 fully saturated rings. The smallest absolute Gasteiger partial charge is 0.193 e. The number of nitrogens with two attached hydrogens (primary N) is 1. The number of benzene rings is 1. The third-order valence-corrected chi connectivity index (χ3v) is 3.92. The SMILES string of the molecule is CCCCCCN=C(N)Nc1c(C(C)C)cccc1C(C)C. The van der Waals surface area contributed by atoms with E-state index in [0.717, 1.165) is 18.7 Å². The fraction of sp³-hybridized carbons (Fsp3) is 0.632. The third-order valence-electron chi connectivity index (χ3n) is 3.92. The largest absolute Gasteiger partial charge is 0.370 e. The molecule has 0 unspecified atom stereocenters. The first-order chi connectivity index (χ1) is 10.5. The van der Waals surface area contributed by atoms with Crippen molar-refractivity contribution in [2.24, 2.45) is 10.7 Å². The van der Waals surface area contributed by atoms with Crippen molar-refractivity contribution in [2.75, 3.05) is 11.9 Å². The summed E-state index contributed by atoms with van der Waals surface area (Å²) >= 11 is 0. The second kappa shape index (κ2) is 9.50. The van der Waals surface area contributed by atoms with Crippen LogP contribution in [0.5, 0.6) is 0 Å². The van der Waals surface area contributed by atoms with Gasteiger partial charge in [-0.3, -0.25) is 4.99 Å². The zero-order valence-corrected chi connectivity index (χ0v) is 14.9. The van der Waals surface area contributed by atoms with Gasteiger partial charge in [-0.1, -0.05) is 72.1 Å². The van der Waals surface area contributed by atoms with Gasteiger partial charge < -0.3 is 11.1 Å². The first-order valence-electron chi connectivity index (χ1n) is 8.67. The van der Waals surface area contributed by atoms with Gasteiger partial charge in [0.25, 0.3) is 0 Å². The molecular formula is C19H33N3. The molecule has 0 aromatic heterocycles. The normalized spacial score (nSPS) is 12.2. The molecule has 0 heterocycles. The van der Waals surface area contributed by atoms with E-state index in [9.17, 15) is 0 Å². The maximum absolute atomic E-state index is 6.10. The maximum atomic E-state index is 6.10. The van der Waals surface area contributed by atoms with E-state index in [1.165, 1.54) is 30.4 Å². The molecule has 0 saturated carbocycles. The number of para-hydroxylation sites is 1. The van der Waals surface area contributed by atoms with E-state index in [4.69, 9.17) is 5.73 Å². The molecular weight excluding hydrogens is 270 g/mol. The van der Waals surface area contributed by atoms with E-state index in [1.54, 1.807) is 0 Å². The summed E-state index contributed by atoms with van der Waals surface area (Å²) in [6.07, 6.45) is 4.86. The Kier molecular flexibility index (Phi) is 8.00. The highest BCUT2D eigenvalue weighted by molar-refractivity contribution is 5.94. The van der Waals surface area contributed by atoms with Crippen LogP contribution in [0, 0.1) is 0 Å². The maximum Gasteiger partial charge on any atom is 0.193 e. The average molecular weight is 303 g/mol. The van der Waals surface area contributed by atoms with E-state index in [-0.39, 0.29) is 0 Å². The number of hydrogen-bond donors (Lipinski definition) is 2. The van der Waals surface area contributed by atoms with Crippen molar-refractivity contribution >= 4 is 11.6 Å². The topological polar surface area (TPSA) is 50.4 Å². The molecule has 3 N–H and O–H groups in total. The number of nitrogens with zero attached hydrogens (tertiary/aromatic N) is 1. The Labute approximate surface area is 136 Å². The minimum absolute atomic E-state index is 0.457. The highest BCUT2D eigenvalue weighted by Gasteiger charge is 2.14. The van der Waals surface area contributed by atoms with Crippen molar-refractivity contribution in [3.05, 3.63) is 29.3 Å². The van der Waals surface area contributed by atoms with Gasteiger partial charge in [0.15, 0.2) is 5.96 Å². The van der Waals surface area contributed by atoms with E-state index in [1.807, 2.05) is 0 Å². The molecule has 0 saturated heterocycles. The highest BCUT2D eigenvalue weighted by Crippen LogP contribution is 2.32. The minimum atomic E-state index is 0.457. The van der Waals surface area contributed by atoms with Crippen molar-refractivity contribution in [3.63, 3.8) is 0 Å². The molecule has 0 spiro atoms. The molecule has 3 heteroatoms. The molecule has 1 rings (SSSR count). The van der Waals surface area contributed by atoms with Crippen molar-refractivity contribution < 1.29 is 0 Å². The van der Waals surface area contributed by atoms with Crippen LogP contribution in [0.1, 0.15) is 83.3 Å².